The second-order valence-corrected chi connectivity index (χ2v) is 9.24. The molecule has 9 nitrogen and oxygen atoms in total. The molecule has 1 saturated heterocycles. The molecule has 27 heavy (non-hydrogen) atoms. The van der Waals surface area contributed by atoms with Gasteiger partial charge < -0.3 is 5.32 Å². The van der Waals surface area contributed by atoms with E-state index in [1.807, 2.05) is 6.92 Å². The van der Waals surface area contributed by atoms with Crippen molar-refractivity contribution in [2.24, 2.45) is 7.05 Å². The number of sulfonamides is 1. The van der Waals surface area contributed by atoms with Gasteiger partial charge in [0.2, 0.25) is 21.1 Å². The minimum Gasteiger partial charge on any atom is -0.325 e. The number of nitrogens with one attached hydrogen (secondary N) is 1. The predicted octanol–water partition coefficient (Wildman–Crippen LogP) is 1.50. The van der Waals surface area contributed by atoms with Crippen LogP contribution in [-0.2, 0) is 21.9 Å². The Morgan fingerprint density at radius 3 is 2.67 bits per heavy atom. The van der Waals surface area contributed by atoms with Crippen LogP contribution in [0.15, 0.2) is 34.3 Å². The van der Waals surface area contributed by atoms with Crippen LogP contribution in [0, 0.1) is 0 Å². The largest absolute Gasteiger partial charge is 0.325 e. The lowest BCUT2D eigenvalue weighted by Gasteiger charge is -2.32. The Labute approximate surface area is 162 Å². The molecule has 0 aliphatic carbocycles. The Kier molecular flexibility index (Phi) is 6.12. The van der Waals surface area contributed by atoms with E-state index >= 15 is 0 Å². The van der Waals surface area contributed by atoms with Crippen LogP contribution in [0.4, 0.5) is 5.69 Å². The number of carbonyl (C=O) groups is 1. The van der Waals surface area contributed by atoms with Crippen molar-refractivity contribution in [3.63, 3.8) is 0 Å². The van der Waals surface area contributed by atoms with E-state index in [0.29, 0.717) is 17.4 Å². The zero-order valence-electron chi connectivity index (χ0n) is 15.2. The molecule has 2 heterocycles. The van der Waals surface area contributed by atoms with Gasteiger partial charge in [-0.3, -0.25) is 4.79 Å². The molecule has 1 aromatic carbocycles. The van der Waals surface area contributed by atoms with Crippen molar-refractivity contribution in [1.82, 2.24) is 24.5 Å². The van der Waals surface area contributed by atoms with E-state index in [1.54, 1.807) is 23.5 Å². The average molecular weight is 411 g/mol. The molecule has 1 N–H and O–H groups in total. The molecule has 11 heteroatoms. The Bertz CT molecular complexity index is 897. The Balaban J connectivity index is 1.61. The highest BCUT2D eigenvalue weighted by Crippen LogP contribution is 2.26. The number of tetrazole rings is 1. The first kappa shape index (κ1) is 19.8. The van der Waals surface area contributed by atoms with Crippen LogP contribution in [0.3, 0.4) is 0 Å². The molecule has 0 spiro atoms. The Morgan fingerprint density at radius 1 is 1.30 bits per heavy atom. The first-order valence-electron chi connectivity index (χ1n) is 8.65. The number of anilines is 1. The first-order valence-corrected chi connectivity index (χ1v) is 11.1. The highest BCUT2D eigenvalue weighted by molar-refractivity contribution is 7.99. The summed E-state index contributed by atoms with van der Waals surface area (Å²) in [5.74, 6) is -0.0669. The summed E-state index contributed by atoms with van der Waals surface area (Å²) in [5, 5.41) is 14.3. The van der Waals surface area contributed by atoms with Crippen molar-refractivity contribution in [3.8, 4) is 0 Å². The lowest BCUT2D eigenvalue weighted by atomic mass is 10.1. The maximum absolute atomic E-state index is 12.8. The molecule has 0 saturated carbocycles. The maximum Gasteiger partial charge on any atom is 0.243 e. The SMILES string of the molecule is C[C@H]1CCCCN1S(=O)(=O)c1ccc(NC(=O)CSc2nnnn2C)cc1. The van der Waals surface area contributed by atoms with E-state index in [9.17, 15) is 13.2 Å². The van der Waals surface area contributed by atoms with Gasteiger partial charge in [-0.1, -0.05) is 18.2 Å². The number of piperidine rings is 1. The third-order valence-electron chi connectivity index (χ3n) is 4.40. The molecule has 1 aliphatic heterocycles. The zero-order chi connectivity index (χ0) is 19.4. The van der Waals surface area contributed by atoms with Gasteiger partial charge in [-0.05, 0) is 54.5 Å². The van der Waals surface area contributed by atoms with E-state index in [0.717, 1.165) is 19.3 Å². The Morgan fingerprint density at radius 2 is 2.04 bits per heavy atom. The fraction of sp³-hybridized carbons (Fsp3) is 0.500. The molecule has 1 atom stereocenters. The van der Waals surface area contributed by atoms with Crippen LogP contribution in [0.2, 0.25) is 0 Å². The number of hydrogen-bond acceptors (Lipinski definition) is 7. The second kappa shape index (κ2) is 8.36. The molecule has 1 aromatic heterocycles. The summed E-state index contributed by atoms with van der Waals surface area (Å²) >= 11 is 1.22. The van der Waals surface area contributed by atoms with Crippen molar-refractivity contribution >= 4 is 33.4 Å². The smallest absolute Gasteiger partial charge is 0.243 e. The topological polar surface area (TPSA) is 110 Å². The number of benzene rings is 1. The van der Waals surface area contributed by atoms with Crippen LogP contribution in [0.25, 0.3) is 0 Å². The van der Waals surface area contributed by atoms with Crippen molar-refractivity contribution in [2.45, 2.75) is 42.3 Å². The van der Waals surface area contributed by atoms with E-state index < -0.39 is 10.0 Å². The third-order valence-corrected chi connectivity index (χ3v) is 7.44. The van der Waals surface area contributed by atoms with Gasteiger partial charge in [-0.25, -0.2) is 13.1 Å². The van der Waals surface area contributed by atoms with Gasteiger partial charge in [0.15, 0.2) is 0 Å². The van der Waals surface area contributed by atoms with Crippen LogP contribution in [0.5, 0.6) is 0 Å². The van der Waals surface area contributed by atoms with Gasteiger partial charge >= 0.3 is 0 Å². The summed E-state index contributed by atoms with van der Waals surface area (Å²) in [5.41, 5.74) is 0.544. The van der Waals surface area contributed by atoms with E-state index in [4.69, 9.17) is 0 Å². The van der Waals surface area contributed by atoms with Crippen molar-refractivity contribution in [1.29, 1.82) is 0 Å². The standard InChI is InChI=1S/C16H22N6O3S2/c1-12-5-3-4-10-22(12)27(24,25)14-8-6-13(7-9-14)17-15(23)11-26-16-18-19-20-21(16)2/h6-9,12H,3-5,10-11H2,1-2H3,(H,17,23)/t12-/m0/s1. The summed E-state index contributed by atoms with van der Waals surface area (Å²) in [7, 11) is -1.81. The quantitative estimate of drug-likeness (QED) is 0.719. The molecule has 1 aliphatic rings. The molecule has 2 aromatic rings. The van der Waals surface area contributed by atoms with Crippen molar-refractivity contribution in [3.05, 3.63) is 24.3 Å². The fourth-order valence-corrected chi connectivity index (χ4v) is 5.29. The number of thioether (sulfide) groups is 1. The summed E-state index contributed by atoms with van der Waals surface area (Å²) in [6.45, 7) is 2.49. The maximum atomic E-state index is 12.8. The predicted molar refractivity (Wildman–Crippen MR) is 102 cm³/mol. The Hall–Kier alpha value is -1.98. The highest BCUT2D eigenvalue weighted by Gasteiger charge is 2.30. The molecule has 146 valence electrons. The normalized spacial score (nSPS) is 18.4. The minimum atomic E-state index is -3.51. The number of carbonyl (C=O) groups excluding carboxylic acids is 1. The van der Waals surface area contributed by atoms with Crippen molar-refractivity contribution in [2.75, 3.05) is 17.6 Å². The monoisotopic (exact) mass is 410 g/mol. The van der Waals surface area contributed by atoms with E-state index in [2.05, 4.69) is 20.8 Å². The number of aromatic nitrogens is 4. The number of aryl methyl sites for hydroxylation is 1. The summed E-state index contributed by atoms with van der Waals surface area (Å²) in [6.07, 6.45) is 2.82. The van der Waals surface area contributed by atoms with Crippen LogP contribution in [0.1, 0.15) is 26.2 Å². The van der Waals surface area contributed by atoms with Gasteiger partial charge in [0, 0.05) is 25.3 Å². The number of amides is 1. The lowest BCUT2D eigenvalue weighted by Crippen LogP contribution is -2.41. The molecule has 0 radical (unpaired) electrons. The van der Waals surface area contributed by atoms with Gasteiger partial charge in [-0.2, -0.15) is 4.31 Å². The third kappa shape index (κ3) is 4.66. The number of nitrogens with zero attached hydrogens (tertiary/aromatic N) is 5. The molecule has 3 rings (SSSR count). The zero-order valence-corrected chi connectivity index (χ0v) is 16.8. The van der Waals surface area contributed by atoms with Gasteiger partial charge in [0.05, 0.1) is 10.6 Å². The van der Waals surface area contributed by atoms with Crippen LogP contribution < -0.4 is 5.32 Å². The second-order valence-electron chi connectivity index (χ2n) is 6.41. The van der Waals surface area contributed by atoms with Crippen molar-refractivity contribution < 1.29 is 13.2 Å². The van der Waals surface area contributed by atoms with Gasteiger partial charge in [0.1, 0.15) is 0 Å². The fourth-order valence-electron chi connectivity index (χ4n) is 2.95. The summed E-state index contributed by atoms with van der Waals surface area (Å²) in [6, 6.07) is 6.29. The molecule has 1 fully saturated rings. The minimum absolute atomic E-state index is 0.00950. The van der Waals surface area contributed by atoms with E-state index in [1.165, 1.54) is 28.6 Å². The molecule has 0 unspecified atom stereocenters. The number of rotatable bonds is 6. The summed E-state index contributed by atoms with van der Waals surface area (Å²) < 4.78 is 28.7. The first-order chi connectivity index (χ1) is 12.9. The van der Waals surface area contributed by atoms with Gasteiger partial charge in [0.25, 0.3) is 0 Å². The lowest BCUT2D eigenvalue weighted by molar-refractivity contribution is -0.113. The van der Waals surface area contributed by atoms with Gasteiger partial charge in [-0.15, -0.1) is 5.10 Å². The molecular formula is C16H22N6O3S2. The average Bonchev–Trinajstić information content (AvgIpc) is 3.05. The van der Waals surface area contributed by atoms with E-state index in [-0.39, 0.29) is 22.6 Å². The highest BCUT2D eigenvalue weighted by atomic mass is 32.2. The molecular weight excluding hydrogens is 388 g/mol. The summed E-state index contributed by atoms with van der Waals surface area (Å²) in [4.78, 5) is 12.3. The van der Waals surface area contributed by atoms with Crippen LogP contribution >= 0.6 is 11.8 Å². The number of hydrogen-bond donors (Lipinski definition) is 1. The molecule has 1 amide bonds. The van der Waals surface area contributed by atoms with Crippen LogP contribution in [-0.4, -0.2) is 57.2 Å². The molecule has 0 bridgehead atoms.